The molecule has 0 unspecified atom stereocenters. The largest absolute Gasteiger partial charge is 0.494 e. The van der Waals surface area contributed by atoms with Crippen LogP contribution < -0.4 is 4.74 Å². The summed E-state index contributed by atoms with van der Waals surface area (Å²) in [6, 6.07) is 8.76. The summed E-state index contributed by atoms with van der Waals surface area (Å²) in [5, 5.41) is 0. The van der Waals surface area contributed by atoms with Crippen molar-refractivity contribution in [3.63, 3.8) is 0 Å². The molecule has 110 valence electrons. The van der Waals surface area contributed by atoms with E-state index in [0.717, 1.165) is 24.2 Å². The summed E-state index contributed by atoms with van der Waals surface area (Å²) in [5.74, 6) is 2.71. The Morgan fingerprint density at radius 3 is 2.40 bits per heavy atom. The molecular formula is C19H28O. The van der Waals surface area contributed by atoms with E-state index in [4.69, 9.17) is 4.74 Å². The van der Waals surface area contributed by atoms with Crippen molar-refractivity contribution in [2.24, 2.45) is 5.92 Å². The molecule has 2 rings (SSSR count). The first kappa shape index (κ1) is 15.2. The Balaban J connectivity index is 1.80. The molecule has 1 saturated carbocycles. The van der Waals surface area contributed by atoms with Crippen molar-refractivity contribution in [3.8, 4) is 5.75 Å². The molecule has 0 radical (unpaired) electrons. The van der Waals surface area contributed by atoms with Gasteiger partial charge in [0.1, 0.15) is 5.75 Å². The normalized spacial score (nSPS) is 23.1. The summed E-state index contributed by atoms with van der Waals surface area (Å²) in [6.07, 6.45) is 12.6. The van der Waals surface area contributed by atoms with Crippen molar-refractivity contribution in [1.82, 2.24) is 0 Å². The molecular weight excluding hydrogens is 244 g/mol. The number of rotatable bonds is 6. The summed E-state index contributed by atoms with van der Waals surface area (Å²) in [5.41, 5.74) is 1.50. The van der Waals surface area contributed by atoms with Gasteiger partial charge >= 0.3 is 0 Å². The van der Waals surface area contributed by atoms with Gasteiger partial charge in [-0.2, -0.15) is 0 Å². The molecule has 0 amide bonds. The highest BCUT2D eigenvalue weighted by Crippen LogP contribution is 2.37. The molecule has 1 aliphatic carbocycles. The van der Waals surface area contributed by atoms with Crippen LogP contribution in [0.25, 0.3) is 0 Å². The van der Waals surface area contributed by atoms with Crippen LogP contribution in [0, 0.1) is 5.92 Å². The Morgan fingerprint density at radius 1 is 1.10 bits per heavy atom. The second-order valence-corrected chi connectivity index (χ2v) is 5.87. The van der Waals surface area contributed by atoms with E-state index in [0.29, 0.717) is 0 Å². The Bertz CT molecular complexity index is 396. The van der Waals surface area contributed by atoms with Crippen LogP contribution in [-0.2, 0) is 0 Å². The summed E-state index contributed by atoms with van der Waals surface area (Å²) in [7, 11) is 0. The van der Waals surface area contributed by atoms with Crippen LogP contribution in [-0.4, -0.2) is 6.61 Å². The average molecular weight is 272 g/mol. The van der Waals surface area contributed by atoms with Gasteiger partial charge in [-0.1, -0.05) is 24.3 Å². The molecule has 0 spiro atoms. The van der Waals surface area contributed by atoms with Crippen LogP contribution in [0.5, 0.6) is 5.75 Å². The lowest BCUT2D eigenvalue weighted by atomic mass is 9.77. The topological polar surface area (TPSA) is 9.23 Å². The first-order chi connectivity index (χ1) is 9.83. The molecule has 0 heterocycles. The van der Waals surface area contributed by atoms with Gasteiger partial charge in [-0.25, -0.2) is 0 Å². The smallest absolute Gasteiger partial charge is 0.119 e. The summed E-state index contributed by atoms with van der Waals surface area (Å²) in [6.45, 7) is 4.89. The predicted molar refractivity (Wildman–Crippen MR) is 86.4 cm³/mol. The monoisotopic (exact) mass is 272 g/mol. The highest BCUT2D eigenvalue weighted by molar-refractivity contribution is 5.29. The lowest BCUT2D eigenvalue weighted by Gasteiger charge is -2.28. The first-order valence-corrected chi connectivity index (χ1v) is 8.17. The van der Waals surface area contributed by atoms with Crippen LogP contribution in [0.3, 0.4) is 0 Å². The predicted octanol–water partition coefficient (Wildman–Crippen LogP) is 5.72. The molecule has 1 aromatic carbocycles. The number of benzene rings is 1. The number of ether oxygens (including phenoxy) is 1. The Morgan fingerprint density at radius 2 is 1.80 bits per heavy atom. The quantitative estimate of drug-likeness (QED) is 0.602. The molecule has 1 nitrogen and oxygen atoms in total. The van der Waals surface area contributed by atoms with Gasteiger partial charge < -0.3 is 4.74 Å². The fourth-order valence-electron chi connectivity index (χ4n) is 3.29. The standard InChI is InChI=1S/C19H28O/c1-3-5-6-7-16-8-10-17(11-9-16)18-12-14-19(15-13-18)20-4-2/h3,5,12-17H,4,6-11H2,1-2H3/t16-,17-. The van der Waals surface area contributed by atoms with Gasteiger partial charge in [0.2, 0.25) is 0 Å². The third kappa shape index (κ3) is 4.40. The molecule has 1 aromatic rings. The van der Waals surface area contributed by atoms with Gasteiger partial charge in [-0.3, -0.25) is 0 Å². The second-order valence-electron chi connectivity index (χ2n) is 5.87. The van der Waals surface area contributed by atoms with Crippen molar-refractivity contribution in [2.75, 3.05) is 6.61 Å². The maximum Gasteiger partial charge on any atom is 0.119 e. The molecule has 0 aromatic heterocycles. The zero-order chi connectivity index (χ0) is 14.2. The highest BCUT2D eigenvalue weighted by atomic mass is 16.5. The van der Waals surface area contributed by atoms with E-state index in [1.807, 2.05) is 6.92 Å². The van der Waals surface area contributed by atoms with Gasteiger partial charge in [0.05, 0.1) is 6.61 Å². The minimum absolute atomic E-state index is 0.747. The van der Waals surface area contributed by atoms with Crippen LogP contribution in [0.15, 0.2) is 36.4 Å². The molecule has 0 N–H and O–H groups in total. The zero-order valence-electron chi connectivity index (χ0n) is 13.0. The van der Waals surface area contributed by atoms with E-state index in [1.165, 1.54) is 44.1 Å². The van der Waals surface area contributed by atoms with Crippen molar-refractivity contribution in [3.05, 3.63) is 42.0 Å². The molecule has 0 saturated heterocycles. The summed E-state index contributed by atoms with van der Waals surface area (Å²) in [4.78, 5) is 0. The molecule has 0 atom stereocenters. The lowest BCUT2D eigenvalue weighted by molar-refractivity contribution is 0.311. The Labute approximate surface area is 124 Å². The Kier molecular flexibility index (Phi) is 6.17. The Hall–Kier alpha value is -1.24. The summed E-state index contributed by atoms with van der Waals surface area (Å²) >= 11 is 0. The van der Waals surface area contributed by atoms with Gasteiger partial charge in [-0.15, -0.1) is 0 Å². The molecule has 1 fully saturated rings. The number of allylic oxidation sites excluding steroid dienone is 2. The highest BCUT2D eigenvalue weighted by Gasteiger charge is 2.21. The van der Waals surface area contributed by atoms with E-state index >= 15 is 0 Å². The molecule has 0 bridgehead atoms. The first-order valence-electron chi connectivity index (χ1n) is 8.17. The minimum atomic E-state index is 0.747. The maximum absolute atomic E-state index is 5.51. The minimum Gasteiger partial charge on any atom is -0.494 e. The third-order valence-electron chi connectivity index (χ3n) is 4.49. The van der Waals surface area contributed by atoms with Crippen LogP contribution in [0.2, 0.25) is 0 Å². The fourth-order valence-corrected chi connectivity index (χ4v) is 3.29. The number of hydrogen-bond donors (Lipinski definition) is 0. The molecule has 1 heteroatoms. The van der Waals surface area contributed by atoms with Crippen molar-refractivity contribution >= 4 is 0 Å². The second kappa shape index (κ2) is 8.14. The van der Waals surface area contributed by atoms with Gasteiger partial charge in [-0.05, 0) is 81.9 Å². The van der Waals surface area contributed by atoms with E-state index in [9.17, 15) is 0 Å². The average Bonchev–Trinajstić information content (AvgIpc) is 2.49. The van der Waals surface area contributed by atoms with Crippen LogP contribution >= 0.6 is 0 Å². The van der Waals surface area contributed by atoms with Gasteiger partial charge in [0, 0.05) is 0 Å². The van der Waals surface area contributed by atoms with Crippen molar-refractivity contribution in [2.45, 2.75) is 58.3 Å². The molecule has 0 aliphatic heterocycles. The van der Waals surface area contributed by atoms with E-state index in [-0.39, 0.29) is 0 Å². The van der Waals surface area contributed by atoms with Gasteiger partial charge in [0.15, 0.2) is 0 Å². The lowest BCUT2D eigenvalue weighted by Crippen LogP contribution is -2.13. The summed E-state index contributed by atoms with van der Waals surface area (Å²) < 4.78 is 5.51. The molecule has 1 aliphatic rings. The van der Waals surface area contributed by atoms with Crippen molar-refractivity contribution in [1.29, 1.82) is 0 Å². The number of hydrogen-bond acceptors (Lipinski definition) is 1. The van der Waals surface area contributed by atoms with E-state index in [2.05, 4.69) is 43.3 Å². The SMILES string of the molecule is CC=CCC[C@H]1CC[C@H](c2ccc(OCC)cc2)CC1. The van der Waals surface area contributed by atoms with Gasteiger partial charge in [0.25, 0.3) is 0 Å². The van der Waals surface area contributed by atoms with E-state index < -0.39 is 0 Å². The van der Waals surface area contributed by atoms with Crippen molar-refractivity contribution < 1.29 is 4.74 Å². The maximum atomic E-state index is 5.51. The van der Waals surface area contributed by atoms with E-state index in [1.54, 1.807) is 0 Å². The molecule has 20 heavy (non-hydrogen) atoms. The van der Waals surface area contributed by atoms with Crippen LogP contribution in [0.1, 0.15) is 63.9 Å². The third-order valence-corrected chi connectivity index (χ3v) is 4.49. The zero-order valence-corrected chi connectivity index (χ0v) is 13.0. The fraction of sp³-hybridized carbons (Fsp3) is 0.579. The van der Waals surface area contributed by atoms with Crippen LogP contribution in [0.4, 0.5) is 0 Å².